The van der Waals surface area contributed by atoms with Gasteiger partial charge in [-0.2, -0.15) is 0 Å². The molecule has 0 aliphatic carbocycles. The van der Waals surface area contributed by atoms with Crippen LogP contribution in [0.4, 0.5) is 0 Å². The van der Waals surface area contributed by atoms with Crippen LogP contribution in [0.1, 0.15) is 55.4 Å². The fourth-order valence-corrected chi connectivity index (χ4v) is 17.0. The SMILES string of the molecule is CC1(C)O[C@H]([C@@H](CO)O[Si](c2ccccc2)(c2ccccc2)C(C)(C)C)[C@@H]([C@@H](CO)O[Si](c2ccccc2)(c2ccccc2)C(C)(C)C)O1. The second-order valence-electron chi connectivity index (χ2n) is 15.6. The lowest BCUT2D eigenvalue weighted by molar-refractivity contribution is -0.161. The number of hydrogen-bond acceptors (Lipinski definition) is 6. The van der Waals surface area contributed by atoms with Crippen LogP contribution in [0.25, 0.3) is 0 Å². The highest BCUT2D eigenvalue weighted by atomic mass is 28.4. The molecular formula is C41H54O6Si2. The van der Waals surface area contributed by atoms with Crippen LogP contribution in [0.2, 0.25) is 10.1 Å². The molecule has 1 aliphatic rings. The molecule has 0 radical (unpaired) electrons. The number of benzene rings is 4. The van der Waals surface area contributed by atoms with E-state index in [-0.39, 0.29) is 23.3 Å². The summed E-state index contributed by atoms with van der Waals surface area (Å²) in [5.74, 6) is -1.01. The van der Waals surface area contributed by atoms with Gasteiger partial charge < -0.3 is 28.5 Å². The Balaban J connectivity index is 1.63. The maximum Gasteiger partial charge on any atom is 0.261 e. The number of rotatable bonds is 12. The summed E-state index contributed by atoms with van der Waals surface area (Å²) < 4.78 is 28.3. The minimum Gasteiger partial charge on any atom is -0.399 e. The van der Waals surface area contributed by atoms with E-state index in [0.717, 1.165) is 20.7 Å². The van der Waals surface area contributed by atoms with E-state index in [1.54, 1.807) is 0 Å². The molecule has 49 heavy (non-hydrogen) atoms. The lowest BCUT2D eigenvalue weighted by Crippen LogP contribution is -2.70. The van der Waals surface area contributed by atoms with E-state index in [4.69, 9.17) is 18.3 Å². The van der Waals surface area contributed by atoms with Gasteiger partial charge in [0.2, 0.25) is 0 Å². The molecule has 8 heteroatoms. The summed E-state index contributed by atoms with van der Waals surface area (Å²) in [5.41, 5.74) is 0. The Labute approximate surface area is 295 Å². The van der Waals surface area contributed by atoms with Crippen LogP contribution in [0.3, 0.4) is 0 Å². The van der Waals surface area contributed by atoms with Crippen molar-refractivity contribution in [3.63, 3.8) is 0 Å². The van der Waals surface area contributed by atoms with Gasteiger partial charge in [0.25, 0.3) is 16.6 Å². The molecule has 0 aromatic heterocycles. The van der Waals surface area contributed by atoms with Crippen molar-refractivity contribution >= 4 is 37.4 Å². The van der Waals surface area contributed by atoms with Crippen LogP contribution >= 0.6 is 0 Å². The first-order chi connectivity index (χ1) is 23.2. The second-order valence-corrected chi connectivity index (χ2v) is 24.1. The van der Waals surface area contributed by atoms with E-state index in [2.05, 4.69) is 90.1 Å². The molecule has 1 saturated heterocycles. The second kappa shape index (κ2) is 14.7. The molecule has 0 amide bonds. The Bertz CT molecular complexity index is 1400. The zero-order chi connectivity index (χ0) is 35.5. The summed E-state index contributed by atoms with van der Waals surface area (Å²) in [4.78, 5) is 0. The van der Waals surface area contributed by atoms with Gasteiger partial charge in [-0.05, 0) is 44.7 Å². The monoisotopic (exact) mass is 698 g/mol. The highest BCUT2D eigenvalue weighted by Crippen LogP contribution is 2.43. The van der Waals surface area contributed by atoms with Crippen molar-refractivity contribution < 1.29 is 28.5 Å². The minimum absolute atomic E-state index is 0.303. The molecule has 1 fully saturated rings. The fraction of sp³-hybridized carbons (Fsp3) is 0.415. The van der Waals surface area contributed by atoms with E-state index in [0.29, 0.717) is 0 Å². The summed E-state index contributed by atoms with van der Waals surface area (Å²) >= 11 is 0. The highest BCUT2D eigenvalue weighted by Gasteiger charge is 2.58. The van der Waals surface area contributed by atoms with Crippen molar-refractivity contribution in [3.05, 3.63) is 121 Å². The molecule has 0 spiro atoms. The van der Waals surface area contributed by atoms with Crippen LogP contribution in [0.15, 0.2) is 121 Å². The molecule has 5 rings (SSSR count). The lowest BCUT2D eigenvalue weighted by atomic mass is 10.0. The molecule has 6 nitrogen and oxygen atoms in total. The summed E-state index contributed by atoms with van der Waals surface area (Å²) in [7, 11) is -6.19. The summed E-state index contributed by atoms with van der Waals surface area (Å²) in [5, 5.41) is 26.2. The Morgan fingerprint density at radius 3 is 0.980 bits per heavy atom. The van der Waals surface area contributed by atoms with Crippen LogP contribution < -0.4 is 20.7 Å². The lowest BCUT2D eigenvalue weighted by Gasteiger charge is -2.47. The molecule has 0 saturated carbocycles. The first-order valence-electron chi connectivity index (χ1n) is 17.4. The van der Waals surface area contributed by atoms with Crippen molar-refractivity contribution in [2.24, 2.45) is 0 Å². The standard InChI is InChI=1S/C41H54O6Si2/c1-39(2,3)48(31-21-13-9-14-22-31,32-23-15-10-16-24-32)46-35(29-42)37-38(45-41(7,8)44-37)36(30-43)47-49(40(4,5)6,33-25-17-11-18-26-33)34-27-19-12-20-28-34/h9-28,35-38,42-43H,29-30H2,1-8H3/t35-,36-,37-,38-/m1/s1. The molecular weight excluding hydrogens is 645 g/mol. The number of hydrogen-bond donors (Lipinski definition) is 2. The average Bonchev–Trinajstić information content (AvgIpc) is 3.41. The third-order valence-electron chi connectivity index (χ3n) is 9.75. The first-order valence-corrected chi connectivity index (χ1v) is 21.2. The topological polar surface area (TPSA) is 77.4 Å². The fourth-order valence-electron chi connectivity index (χ4n) is 7.65. The summed E-state index contributed by atoms with van der Waals surface area (Å²) in [6, 6.07) is 41.5. The molecule has 2 N–H and O–H groups in total. The number of ether oxygens (including phenoxy) is 2. The molecule has 262 valence electrons. The van der Waals surface area contributed by atoms with E-state index < -0.39 is 46.8 Å². The summed E-state index contributed by atoms with van der Waals surface area (Å²) in [6.45, 7) is 16.4. The summed E-state index contributed by atoms with van der Waals surface area (Å²) in [6.07, 6.45) is -3.04. The van der Waals surface area contributed by atoms with E-state index >= 15 is 0 Å². The molecule has 0 unspecified atom stereocenters. The molecule has 4 aromatic carbocycles. The Kier molecular flexibility index (Phi) is 11.2. The maximum atomic E-state index is 11.2. The van der Waals surface area contributed by atoms with Crippen LogP contribution in [-0.2, 0) is 18.3 Å². The number of aliphatic hydroxyl groups is 2. The molecule has 4 aromatic rings. The highest BCUT2D eigenvalue weighted by molar-refractivity contribution is 7.00. The molecule has 4 atom stereocenters. The predicted octanol–water partition coefficient (Wildman–Crippen LogP) is 5.38. The minimum atomic E-state index is -3.09. The van der Waals surface area contributed by atoms with Crippen molar-refractivity contribution in [2.75, 3.05) is 13.2 Å². The van der Waals surface area contributed by atoms with Gasteiger partial charge in [0.05, 0.1) is 25.4 Å². The van der Waals surface area contributed by atoms with Crippen LogP contribution in [0.5, 0.6) is 0 Å². The van der Waals surface area contributed by atoms with Gasteiger partial charge in [-0.15, -0.1) is 0 Å². The normalized spacial score (nSPS) is 19.8. The number of aliphatic hydroxyl groups excluding tert-OH is 2. The zero-order valence-corrected chi connectivity index (χ0v) is 32.3. The molecule has 0 bridgehead atoms. The third kappa shape index (κ3) is 7.29. The quantitative estimate of drug-likeness (QED) is 0.194. The van der Waals surface area contributed by atoms with Crippen molar-refractivity contribution in [3.8, 4) is 0 Å². The van der Waals surface area contributed by atoms with Crippen molar-refractivity contribution in [2.45, 2.75) is 95.7 Å². The predicted molar refractivity (Wildman–Crippen MR) is 203 cm³/mol. The van der Waals surface area contributed by atoms with Gasteiger partial charge in [0, 0.05) is 0 Å². The van der Waals surface area contributed by atoms with Gasteiger partial charge in [-0.1, -0.05) is 163 Å². The third-order valence-corrected chi connectivity index (χ3v) is 19.9. The van der Waals surface area contributed by atoms with E-state index in [1.807, 2.05) is 86.6 Å². The smallest absolute Gasteiger partial charge is 0.261 e. The van der Waals surface area contributed by atoms with Gasteiger partial charge in [0.1, 0.15) is 12.2 Å². The van der Waals surface area contributed by atoms with Gasteiger partial charge >= 0.3 is 0 Å². The van der Waals surface area contributed by atoms with E-state index in [1.165, 1.54) is 0 Å². The zero-order valence-electron chi connectivity index (χ0n) is 30.3. The van der Waals surface area contributed by atoms with E-state index in [9.17, 15) is 10.2 Å². The average molecular weight is 699 g/mol. The maximum absolute atomic E-state index is 11.2. The van der Waals surface area contributed by atoms with Gasteiger partial charge in [0.15, 0.2) is 5.79 Å². The Morgan fingerprint density at radius 1 is 0.531 bits per heavy atom. The van der Waals surface area contributed by atoms with Gasteiger partial charge in [-0.25, -0.2) is 0 Å². The van der Waals surface area contributed by atoms with Crippen LogP contribution in [-0.4, -0.2) is 70.3 Å². The molecule has 1 aliphatic heterocycles. The first kappa shape index (κ1) is 37.3. The molecule has 1 heterocycles. The van der Waals surface area contributed by atoms with Crippen LogP contribution in [0, 0.1) is 0 Å². The largest absolute Gasteiger partial charge is 0.399 e. The van der Waals surface area contributed by atoms with Gasteiger partial charge in [-0.3, -0.25) is 0 Å². The van der Waals surface area contributed by atoms with Crippen molar-refractivity contribution in [1.29, 1.82) is 0 Å². The Morgan fingerprint density at radius 2 is 0.776 bits per heavy atom. The Hall–Kier alpha value is -2.93. The van der Waals surface area contributed by atoms with Crippen molar-refractivity contribution in [1.82, 2.24) is 0 Å².